The second kappa shape index (κ2) is 46.5. The molecular weight excluding hydrogens is 1930 g/mol. The molecule has 2 amide bonds. The van der Waals surface area contributed by atoms with E-state index < -0.39 is 56.5 Å². The van der Waals surface area contributed by atoms with Crippen molar-refractivity contribution >= 4 is 177 Å². The number of nitrogens with two attached hydrogens (primary N) is 1. The summed E-state index contributed by atoms with van der Waals surface area (Å²) in [5.41, 5.74) is 11.4. The average Bonchev–Trinajstić information content (AvgIpc) is 1.66. The van der Waals surface area contributed by atoms with Gasteiger partial charge in [-0.05, 0) is 214 Å². The Morgan fingerprint density at radius 1 is 0.474 bits per heavy atom. The number of aromatic nitrogens is 12. The largest absolute Gasteiger partial charge is 0.488 e. The number of aryl methyl sites for hydroxylation is 3. The van der Waals surface area contributed by atoms with Crippen molar-refractivity contribution in [2.75, 3.05) is 84.1 Å². The summed E-state index contributed by atoms with van der Waals surface area (Å²) in [6.45, 7) is 30.2. The van der Waals surface area contributed by atoms with Crippen molar-refractivity contribution in [3.8, 4) is 17.2 Å². The van der Waals surface area contributed by atoms with Gasteiger partial charge in [0.15, 0.2) is 17.5 Å². The van der Waals surface area contributed by atoms with E-state index in [1.807, 2.05) is 62.3 Å². The van der Waals surface area contributed by atoms with Gasteiger partial charge < -0.3 is 71.1 Å². The maximum atomic E-state index is 15.9. The van der Waals surface area contributed by atoms with Crippen LogP contribution in [0.1, 0.15) is 208 Å². The van der Waals surface area contributed by atoms with Gasteiger partial charge in [0.1, 0.15) is 79.3 Å². The van der Waals surface area contributed by atoms with Crippen molar-refractivity contribution in [3.05, 3.63) is 127 Å². The molecule has 0 radical (unpaired) electrons. The van der Waals surface area contributed by atoms with Crippen LogP contribution in [0.15, 0.2) is 70.5 Å². The molecule has 744 valence electrons. The minimum atomic E-state index is -3.70. The standard InChI is InChI=1S/C30H39ClFN7O5S.C25H31ClFN7O3S.C19H27FN2O3.C11H13Cl2N5O2S.2CH4S.2CH4/c1-16(2)45(41,42)27-23(15-38(7)37-27)34-26-20(31)14-33-28(36-26)35-22-13-21(32)24(19-12-17(3)43-25(19)22)18-8-10-39(11-9-18)29(40)44-30(4,5)6;1-13(2)38(35,36)24-20(12-34(4)33-24)30-23-17(26)11-29-25(32-23)31-19-10-18(27)21(15-5-7-28-8-6-15)16-9-14(3)37-22(16)19;1-11-9-13-16(14(20)10-15(21)17(13)24-11)12-5-7-22(8-6-12)18(23)25-19(2,3)4;1-6(2)21(19,20)10-8(5-18(3)17-10)15-9-7(12)4-14-11(13)16-9;2*1-2;;/h13-18H,8-12H2,1-7H3,(H2,33,34,35,36);10-15,28H,5-9H2,1-4H3,(H2,29,30,31,32);10-12H,5-9,21H2,1-4H3;4-6H,1-3H3,(H,14,15,16);2*2H,1H3;2*1H4/t17-;14-;11-;;;;;/m111...../s1. The van der Waals surface area contributed by atoms with Gasteiger partial charge in [-0.1, -0.05) is 49.7 Å². The minimum Gasteiger partial charge on any atom is -0.488 e. The van der Waals surface area contributed by atoms with Gasteiger partial charge >= 0.3 is 12.2 Å². The van der Waals surface area contributed by atoms with Crippen LogP contribution in [0.3, 0.4) is 0 Å². The number of nitrogens with one attached hydrogen (secondary N) is 6. The number of anilines is 11. The molecule has 0 bridgehead atoms. The van der Waals surface area contributed by atoms with E-state index in [1.165, 1.54) is 69.4 Å². The number of ether oxygens (including phenoxy) is 5. The Hall–Kier alpha value is -9.27. The van der Waals surface area contributed by atoms with Gasteiger partial charge in [-0.25, -0.2) is 63.0 Å². The predicted molar refractivity (Wildman–Crippen MR) is 532 cm³/mol. The maximum absolute atomic E-state index is 15.9. The second-order valence-electron chi connectivity index (χ2n) is 35.4. The number of sulfone groups is 3. The van der Waals surface area contributed by atoms with Gasteiger partial charge in [0.25, 0.3) is 0 Å². The van der Waals surface area contributed by atoms with Crippen LogP contribution in [-0.2, 0) is 79.4 Å². The van der Waals surface area contributed by atoms with Gasteiger partial charge in [-0.15, -0.1) is 0 Å². The molecule has 9 aromatic rings. The first-order chi connectivity index (χ1) is 62.4. The van der Waals surface area contributed by atoms with E-state index in [-0.39, 0.29) is 162 Å². The fraction of sp³-hybridized carbons (Fsp3) is 0.539. The van der Waals surface area contributed by atoms with Crippen LogP contribution in [0.2, 0.25) is 20.4 Å². The number of amides is 2. The number of nitrogens with zero attached hydrogens (tertiary/aromatic N) is 14. The van der Waals surface area contributed by atoms with E-state index >= 15 is 8.78 Å². The van der Waals surface area contributed by atoms with Crippen molar-refractivity contribution in [1.82, 2.24) is 74.4 Å². The van der Waals surface area contributed by atoms with E-state index in [0.717, 1.165) is 53.7 Å². The van der Waals surface area contributed by atoms with Crippen molar-refractivity contribution in [2.24, 2.45) is 21.1 Å². The Morgan fingerprint density at radius 2 is 0.770 bits per heavy atom. The third-order valence-corrected chi connectivity index (χ3v) is 29.2. The Labute approximate surface area is 820 Å². The Balaban J connectivity index is 0.000000226. The highest BCUT2D eigenvalue weighted by Gasteiger charge is 2.40. The lowest BCUT2D eigenvalue weighted by atomic mass is 9.84. The molecule has 12 heterocycles. The van der Waals surface area contributed by atoms with Crippen LogP contribution in [0.25, 0.3) is 0 Å². The number of carbonyl (C=O) groups excluding carboxylic acids is 2. The molecule has 3 atom stereocenters. The van der Waals surface area contributed by atoms with Gasteiger partial charge in [0.2, 0.25) is 61.8 Å². The summed E-state index contributed by atoms with van der Waals surface area (Å²) < 4.78 is 155. The summed E-state index contributed by atoms with van der Waals surface area (Å²) in [6.07, 6.45) is 17.4. The van der Waals surface area contributed by atoms with Crippen LogP contribution in [-0.4, -0.2) is 204 Å². The third-order valence-electron chi connectivity index (χ3n) is 21.9. The van der Waals surface area contributed by atoms with Crippen molar-refractivity contribution in [3.63, 3.8) is 0 Å². The van der Waals surface area contributed by atoms with Gasteiger partial charge in [0, 0.05) is 120 Å². The summed E-state index contributed by atoms with van der Waals surface area (Å²) in [6, 6.07) is 4.19. The van der Waals surface area contributed by atoms with E-state index in [9.17, 15) is 39.2 Å². The van der Waals surface area contributed by atoms with E-state index in [4.69, 9.17) is 75.8 Å². The van der Waals surface area contributed by atoms with Crippen LogP contribution in [0, 0.1) is 17.5 Å². The number of likely N-dealkylation sites (tertiary alicyclic amines) is 2. The SMILES string of the molecule is C.C.CC(C)S(=O)(=O)c1nn(C)cc1Nc1nc(Cl)ncc1Cl.CC(C)S(=O)(=O)c1nn(C)cc1Nc1nc(Nc2cc(F)c(C3CCN(C(=O)OC(C)(C)C)CC3)c3c2O[C@H](C)C3)ncc1Cl.CC(C)S(=O)(=O)c1nn(C)cc1Nc1nc(Nc2cc(F)c(C3CCNCC3)c3c2O[C@H](C)C3)ncc1Cl.CS.CS.C[C@@H]1Cc2c(c(N)cc(F)c2C2CCN(C(=O)OC(C)(C)C)CC2)O1. The normalized spacial score (nSPS) is 16.6. The quantitative estimate of drug-likeness (QED) is 0.0206. The Kier molecular flexibility index (Phi) is 38.2. The summed E-state index contributed by atoms with van der Waals surface area (Å²) >= 11 is 31.5. The highest BCUT2D eigenvalue weighted by Crippen LogP contribution is 2.50. The highest BCUT2D eigenvalue weighted by molar-refractivity contribution is 7.92. The Morgan fingerprint density at radius 3 is 1.10 bits per heavy atom. The molecule has 3 fully saturated rings. The number of piperidine rings is 3. The van der Waals surface area contributed by atoms with Crippen LogP contribution >= 0.6 is 71.7 Å². The maximum Gasteiger partial charge on any atom is 0.410 e. The first kappa shape index (κ1) is 111. The molecule has 0 unspecified atom stereocenters. The predicted octanol–water partition coefficient (Wildman–Crippen LogP) is 19.2. The number of benzene rings is 3. The molecular formula is C89H126Cl4F3N21O13S5. The first-order valence-corrected chi connectivity index (χ1v) is 51.2. The van der Waals surface area contributed by atoms with Crippen LogP contribution in [0.5, 0.6) is 17.2 Å². The number of hydrogen-bond donors (Lipinski definition) is 9. The monoisotopic (exact) mass is 2050 g/mol. The van der Waals surface area contributed by atoms with Crippen molar-refractivity contribution < 1.29 is 71.7 Å². The molecule has 0 aliphatic carbocycles. The zero-order valence-corrected chi connectivity index (χ0v) is 85.2. The third kappa shape index (κ3) is 27.0. The number of nitrogen functional groups attached to an aromatic ring is 1. The fourth-order valence-electron chi connectivity index (χ4n) is 15.7. The number of hydrogen-bond acceptors (Lipinski definition) is 31. The summed E-state index contributed by atoms with van der Waals surface area (Å²) in [5, 5.41) is 28.8. The zero-order chi connectivity index (χ0) is 98.2. The molecule has 3 aromatic carbocycles. The summed E-state index contributed by atoms with van der Waals surface area (Å²) in [4.78, 5) is 53.2. The van der Waals surface area contributed by atoms with Gasteiger partial charge in [0.05, 0.1) is 68.5 Å². The van der Waals surface area contributed by atoms with Crippen molar-refractivity contribution in [1.29, 1.82) is 0 Å². The zero-order valence-electron chi connectivity index (χ0n) is 77.9. The molecule has 6 aliphatic heterocycles. The Bertz CT molecular complexity index is 6050. The first-order valence-electron chi connectivity index (χ1n) is 43.2. The van der Waals surface area contributed by atoms with Crippen LogP contribution < -0.4 is 51.8 Å². The molecule has 34 nitrogen and oxygen atoms in total. The minimum absolute atomic E-state index is 0. The summed E-state index contributed by atoms with van der Waals surface area (Å²) in [7, 11) is -6.05. The summed E-state index contributed by atoms with van der Waals surface area (Å²) in [5.74, 6) is 1.77. The van der Waals surface area contributed by atoms with Gasteiger partial charge in [-0.2, -0.15) is 55.5 Å². The highest BCUT2D eigenvalue weighted by atomic mass is 35.5. The number of fused-ring (bicyclic) bond motifs is 3. The second-order valence-corrected chi connectivity index (χ2v) is 44.2. The smallest absolute Gasteiger partial charge is 0.410 e. The van der Waals surface area contributed by atoms with E-state index in [2.05, 4.69) is 102 Å². The lowest BCUT2D eigenvalue weighted by Crippen LogP contribution is -2.41. The van der Waals surface area contributed by atoms with E-state index in [1.54, 1.807) is 85.0 Å². The molecule has 46 heteroatoms. The molecule has 3 saturated heterocycles. The number of rotatable bonds is 19. The lowest BCUT2D eigenvalue weighted by Gasteiger charge is -2.34. The molecule has 6 aliphatic rings. The lowest BCUT2D eigenvalue weighted by molar-refractivity contribution is 0.0193. The average molecular weight is 2060 g/mol. The van der Waals surface area contributed by atoms with Crippen LogP contribution in [0.4, 0.5) is 86.2 Å². The molecule has 0 spiro atoms. The number of halogens is 7. The fourth-order valence-corrected chi connectivity index (χ4v) is 19.6. The van der Waals surface area contributed by atoms with E-state index in [0.29, 0.717) is 111 Å². The molecule has 6 aromatic heterocycles. The number of thiol groups is 2. The molecule has 135 heavy (non-hydrogen) atoms. The van der Waals surface area contributed by atoms with Crippen molar-refractivity contribution in [2.45, 2.75) is 255 Å². The molecule has 8 N–H and O–H groups in total. The molecule has 15 rings (SSSR count). The molecule has 0 saturated carbocycles. The topological polar surface area (TPSA) is 418 Å². The van der Waals surface area contributed by atoms with Gasteiger partial charge in [-0.3, -0.25) is 14.0 Å². The number of carbonyl (C=O) groups is 2.